The number of nitrogens with one attached hydrogen (secondary N) is 1. The fourth-order valence-electron chi connectivity index (χ4n) is 1.92. The second-order valence-corrected chi connectivity index (χ2v) is 7.52. The lowest BCUT2D eigenvalue weighted by molar-refractivity contribution is -0.120. The summed E-state index contributed by atoms with van der Waals surface area (Å²) in [4.78, 5) is 20.8. The molecule has 9 heteroatoms. The maximum Gasteiger partial charge on any atom is 0.233 e. The van der Waals surface area contributed by atoms with Crippen molar-refractivity contribution in [3.63, 3.8) is 0 Å². The highest BCUT2D eigenvalue weighted by Crippen LogP contribution is 2.20. The van der Waals surface area contributed by atoms with Gasteiger partial charge in [-0.15, -0.1) is 10.2 Å². The number of aryl methyl sites for hydroxylation is 3. The molecule has 0 fully saturated rings. The number of aromatic nitrogens is 4. The molecule has 7 nitrogen and oxygen atoms in total. The number of hydrogen-bond acceptors (Lipinski definition) is 8. The Hall–Kier alpha value is -1.74. The molecule has 0 aliphatic rings. The number of thioether (sulfide) groups is 1. The minimum absolute atomic E-state index is 0.0189. The molecule has 2 aromatic heterocycles. The van der Waals surface area contributed by atoms with Crippen molar-refractivity contribution >= 4 is 34.1 Å². The van der Waals surface area contributed by atoms with Gasteiger partial charge in [0.05, 0.1) is 5.25 Å². The van der Waals surface area contributed by atoms with E-state index in [1.807, 2.05) is 26.8 Å². The van der Waals surface area contributed by atoms with Crippen LogP contribution in [-0.4, -0.2) is 37.9 Å². The topological polar surface area (TPSA) is 107 Å². The summed E-state index contributed by atoms with van der Waals surface area (Å²) in [7, 11) is 0. The monoisotopic (exact) mass is 352 g/mol. The van der Waals surface area contributed by atoms with Crippen LogP contribution in [0.4, 0.5) is 5.13 Å². The molecule has 1 amide bonds. The molecule has 0 aliphatic heterocycles. The molecule has 0 unspecified atom stereocenters. The molecule has 0 aromatic carbocycles. The molecule has 23 heavy (non-hydrogen) atoms. The first-order valence-electron chi connectivity index (χ1n) is 7.28. The smallest absolute Gasteiger partial charge is 0.233 e. The molecule has 0 saturated heterocycles. The average molecular weight is 352 g/mol. The molecule has 0 radical (unpaired) electrons. The lowest BCUT2D eigenvalue weighted by Gasteiger charge is -2.11. The van der Waals surface area contributed by atoms with Crippen LogP contribution in [0.5, 0.6) is 0 Å². The van der Waals surface area contributed by atoms with Crippen LogP contribution >= 0.6 is 23.1 Å². The zero-order valence-electron chi connectivity index (χ0n) is 13.4. The van der Waals surface area contributed by atoms with E-state index in [-0.39, 0.29) is 11.2 Å². The van der Waals surface area contributed by atoms with E-state index in [1.165, 1.54) is 23.1 Å². The number of nitrogen functional groups attached to an aromatic ring is 1. The van der Waals surface area contributed by atoms with E-state index in [4.69, 9.17) is 5.73 Å². The minimum Gasteiger partial charge on any atom is -0.374 e. The van der Waals surface area contributed by atoms with Gasteiger partial charge in [-0.3, -0.25) is 4.79 Å². The van der Waals surface area contributed by atoms with Crippen LogP contribution in [0.2, 0.25) is 0 Å². The van der Waals surface area contributed by atoms with Crippen molar-refractivity contribution in [2.75, 3.05) is 12.3 Å². The van der Waals surface area contributed by atoms with Crippen LogP contribution in [0.1, 0.15) is 29.7 Å². The van der Waals surface area contributed by atoms with Gasteiger partial charge < -0.3 is 11.1 Å². The second kappa shape index (κ2) is 8.21. The van der Waals surface area contributed by atoms with Crippen LogP contribution in [0.3, 0.4) is 0 Å². The largest absolute Gasteiger partial charge is 0.374 e. The maximum atomic E-state index is 12.1. The standard InChI is InChI=1S/C14H20N6OS2/c1-8-7-9(2)18-14(17-8)22-10(3)12(21)16-6-4-5-11-19-20-13(15)23-11/h7,10H,4-6H2,1-3H3,(H2,15,20)(H,16,21)/t10-/m1/s1. The van der Waals surface area contributed by atoms with Gasteiger partial charge in [-0.25, -0.2) is 9.97 Å². The molecule has 0 bridgehead atoms. The van der Waals surface area contributed by atoms with Crippen molar-refractivity contribution in [2.24, 2.45) is 0 Å². The molecule has 2 rings (SSSR count). The van der Waals surface area contributed by atoms with E-state index in [9.17, 15) is 4.79 Å². The van der Waals surface area contributed by atoms with Gasteiger partial charge in [0.1, 0.15) is 5.01 Å². The number of amides is 1. The van der Waals surface area contributed by atoms with E-state index in [2.05, 4.69) is 25.5 Å². The van der Waals surface area contributed by atoms with Crippen molar-refractivity contribution in [2.45, 2.75) is 44.0 Å². The van der Waals surface area contributed by atoms with Crippen molar-refractivity contribution in [3.05, 3.63) is 22.5 Å². The summed E-state index contributed by atoms with van der Waals surface area (Å²) in [5, 5.41) is 12.4. The van der Waals surface area contributed by atoms with Gasteiger partial charge in [0.15, 0.2) is 5.16 Å². The Morgan fingerprint density at radius 2 is 2.04 bits per heavy atom. The van der Waals surface area contributed by atoms with Crippen molar-refractivity contribution < 1.29 is 4.79 Å². The number of carbonyl (C=O) groups excluding carboxylic acids is 1. The molecular formula is C14H20N6OS2. The molecular weight excluding hydrogens is 332 g/mol. The van der Waals surface area contributed by atoms with E-state index in [1.54, 1.807) is 0 Å². The third kappa shape index (κ3) is 5.76. The van der Waals surface area contributed by atoms with Crippen molar-refractivity contribution in [3.8, 4) is 0 Å². The second-order valence-electron chi connectivity index (χ2n) is 5.12. The maximum absolute atomic E-state index is 12.1. The summed E-state index contributed by atoms with van der Waals surface area (Å²) < 4.78 is 0. The van der Waals surface area contributed by atoms with Crippen LogP contribution in [0.15, 0.2) is 11.2 Å². The van der Waals surface area contributed by atoms with E-state index in [0.29, 0.717) is 16.8 Å². The normalized spacial score (nSPS) is 12.1. The summed E-state index contributed by atoms with van der Waals surface area (Å²) in [6, 6.07) is 1.91. The predicted molar refractivity (Wildman–Crippen MR) is 92.5 cm³/mol. The van der Waals surface area contributed by atoms with Gasteiger partial charge in [-0.1, -0.05) is 23.1 Å². The number of carbonyl (C=O) groups is 1. The molecule has 3 N–H and O–H groups in total. The Labute approximate surface area is 143 Å². The molecule has 1 atom stereocenters. The summed E-state index contributed by atoms with van der Waals surface area (Å²) in [5.74, 6) is -0.0189. The van der Waals surface area contributed by atoms with E-state index in [0.717, 1.165) is 29.2 Å². The number of anilines is 1. The zero-order chi connectivity index (χ0) is 16.8. The van der Waals surface area contributed by atoms with Gasteiger partial charge >= 0.3 is 0 Å². The highest BCUT2D eigenvalue weighted by Gasteiger charge is 2.16. The first kappa shape index (κ1) is 17.6. The fraction of sp³-hybridized carbons (Fsp3) is 0.500. The van der Waals surface area contributed by atoms with Gasteiger partial charge in [-0.05, 0) is 33.3 Å². The summed E-state index contributed by atoms with van der Waals surface area (Å²) in [6.45, 7) is 6.29. The summed E-state index contributed by atoms with van der Waals surface area (Å²) >= 11 is 2.75. The molecule has 124 valence electrons. The van der Waals surface area contributed by atoms with Gasteiger partial charge in [-0.2, -0.15) is 0 Å². The minimum atomic E-state index is -0.242. The summed E-state index contributed by atoms with van der Waals surface area (Å²) in [6.07, 6.45) is 1.56. The van der Waals surface area contributed by atoms with Gasteiger partial charge in [0.25, 0.3) is 0 Å². The number of nitrogens with two attached hydrogens (primary N) is 1. The Morgan fingerprint density at radius 3 is 2.65 bits per heavy atom. The molecule has 0 spiro atoms. The number of rotatable bonds is 7. The number of nitrogens with zero attached hydrogens (tertiary/aromatic N) is 4. The van der Waals surface area contributed by atoms with Crippen LogP contribution < -0.4 is 11.1 Å². The predicted octanol–water partition coefficient (Wildman–Crippen LogP) is 1.76. The fourth-order valence-corrected chi connectivity index (χ4v) is 3.47. The first-order chi connectivity index (χ1) is 10.9. The highest BCUT2D eigenvalue weighted by molar-refractivity contribution is 8.00. The Bertz CT molecular complexity index is 655. The third-order valence-electron chi connectivity index (χ3n) is 2.96. The third-order valence-corrected chi connectivity index (χ3v) is 4.74. The molecule has 0 saturated carbocycles. The van der Waals surface area contributed by atoms with Crippen molar-refractivity contribution in [1.82, 2.24) is 25.5 Å². The Kier molecular flexibility index (Phi) is 6.28. The van der Waals surface area contributed by atoms with Gasteiger partial charge in [0, 0.05) is 24.4 Å². The number of hydrogen-bond donors (Lipinski definition) is 2. The Morgan fingerprint density at radius 1 is 1.35 bits per heavy atom. The Balaban J connectivity index is 1.74. The molecule has 2 heterocycles. The molecule has 0 aliphatic carbocycles. The van der Waals surface area contributed by atoms with Crippen molar-refractivity contribution in [1.29, 1.82) is 0 Å². The quantitative estimate of drug-likeness (QED) is 0.444. The van der Waals surface area contributed by atoms with Crippen LogP contribution in [-0.2, 0) is 11.2 Å². The lowest BCUT2D eigenvalue weighted by Crippen LogP contribution is -2.32. The molecule has 2 aromatic rings. The average Bonchev–Trinajstić information content (AvgIpc) is 2.87. The van der Waals surface area contributed by atoms with E-state index >= 15 is 0 Å². The van der Waals surface area contributed by atoms with Gasteiger partial charge in [0.2, 0.25) is 11.0 Å². The SMILES string of the molecule is Cc1cc(C)nc(S[C@H](C)C(=O)NCCCc2nnc(N)s2)n1. The highest BCUT2D eigenvalue weighted by atomic mass is 32.2. The lowest BCUT2D eigenvalue weighted by atomic mass is 10.3. The first-order valence-corrected chi connectivity index (χ1v) is 8.98. The van der Waals surface area contributed by atoms with Crippen LogP contribution in [0, 0.1) is 13.8 Å². The van der Waals surface area contributed by atoms with E-state index < -0.39 is 0 Å². The zero-order valence-corrected chi connectivity index (χ0v) is 15.0. The van der Waals surface area contributed by atoms with Crippen LogP contribution in [0.25, 0.3) is 0 Å². The summed E-state index contributed by atoms with van der Waals surface area (Å²) in [5.41, 5.74) is 7.34.